The monoisotopic (exact) mass is 360 g/mol. The molecule has 7 heteroatoms. The number of benzene rings is 2. The molecule has 7 nitrogen and oxygen atoms in total. The fourth-order valence-corrected chi connectivity index (χ4v) is 2.44. The van der Waals surface area contributed by atoms with Crippen LogP contribution in [0.25, 0.3) is 0 Å². The van der Waals surface area contributed by atoms with E-state index in [1.54, 1.807) is 45.6 Å². The Morgan fingerprint density at radius 1 is 0.846 bits per heavy atom. The summed E-state index contributed by atoms with van der Waals surface area (Å²) in [5.74, 6) is 2.21. The fourth-order valence-electron chi connectivity index (χ4n) is 2.44. The van der Waals surface area contributed by atoms with Crippen molar-refractivity contribution in [3.8, 4) is 23.0 Å². The fraction of sp³-hybridized carbons (Fsp3) is 0.316. The number of carbonyl (C=O) groups is 1. The maximum Gasteiger partial charge on any atom is 0.243 e. The number of carbonyl (C=O) groups excluding carboxylic acids is 1. The SMILES string of the molecule is COc1ccc(NC(=O)CNc2cc(OC)c(OC)cc2C)c(OC)c1. The van der Waals surface area contributed by atoms with Crippen molar-refractivity contribution in [2.45, 2.75) is 6.92 Å². The Labute approximate surface area is 153 Å². The van der Waals surface area contributed by atoms with Crippen molar-refractivity contribution in [3.05, 3.63) is 35.9 Å². The van der Waals surface area contributed by atoms with Gasteiger partial charge in [0, 0.05) is 17.8 Å². The van der Waals surface area contributed by atoms with Gasteiger partial charge in [0.2, 0.25) is 5.91 Å². The number of methoxy groups -OCH3 is 4. The average molecular weight is 360 g/mol. The van der Waals surface area contributed by atoms with Gasteiger partial charge in [-0.25, -0.2) is 0 Å². The molecule has 2 aromatic rings. The summed E-state index contributed by atoms with van der Waals surface area (Å²) in [6, 6.07) is 8.85. The first-order valence-electron chi connectivity index (χ1n) is 8.00. The molecule has 0 radical (unpaired) electrons. The van der Waals surface area contributed by atoms with E-state index in [-0.39, 0.29) is 12.5 Å². The highest BCUT2D eigenvalue weighted by atomic mass is 16.5. The Hall–Kier alpha value is -3.09. The molecule has 2 N–H and O–H groups in total. The molecular weight excluding hydrogens is 336 g/mol. The van der Waals surface area contributed by atoms with E-state index in [1.165, 1.54) is 7.11 Å². The molecule has 0 unspecified atom stereocenters. The molecule has 0 atom stereocenters. The van der Waals surface area contributed by atoms with Crippen LogP contribution in [0.3, 0.4) is 0 Å². The van der Waals surface area contributed by atoms with Crippen molar-refractivity contribution in [2.75, 3.05) is 45.6 Å². The van der Waals surface area contributed by atoms with Gasteiger partial charge in [0.1, 0.15) is 11.5 Å². The lowest BCUT2D eigenvalue weighted by Gasteiger charge is -2.15. The van der Waals surface area contributed by atoms with Gasteiger partial charge < -0.3 is 29.6 Å². The number of amides is 1. The summed E-state index contributed by atoms with van der Waals surface area (Å²) in [4.78, 5) is 12.3. The second kappa shape index (κ2) is 8.84. The first-order valence-corrected chi connectivity index (χ1v) is 8.00. The molecule has 0 aliphatic carbocycles. The lowest BCUT2D eigenvalue weighted by atomic mass is 10.1. The molecule has 1 amide bonds. The Bertz CT molecular complexity index is 777. The number of ether oxygens (including phenoxy) is 4. The molecule has 0 heterocycles. The molecule has 0 saturated carbocycles. The van der Waals surface area contributed by atoms with E-state index in [1.807, 2.05) is 13.0 Å². The number of anilines is 2. The van der Waals surface area contributed by atoms with Gasteiger partial charge in [-0.05, 0) is 30.7 Å². The summed E-state index contributed by atoms with van der Waals surface area (Å²) in [7, 11) is 6.26. The number of hydrogen-bond donors (Lipinski definition) is 2. The van der Waals surface area contributed by atoms with Crippen LogP contribution in [0.1, 0.15) is 5.56 Å². The van der Waals surface area contributed by atoms with Crippen LogP contribution in [0.15, 0.2) is 30.3 Å². The predicted octanol–water partition coefficient (Wildman–Crippen LogP) is 3.08. The molecule has 0 aliphatic heterocycles. The topological polar surface area (TPSA) is 78.1 Å². The van der Waals surface area contributed by atoms with Crippen LogP contribution in [-0.2, 0) is 4.79 Å². The molecule has 140 valence electrons. The van der Waals surface area contributed by atoms with Crippen LogP contribution in [0.5, 0.6) is 23.0 Å². The van der Waals surface area contributed by atoms with Crippen LogP contribution in [0.4, 0.5) is 11.4 Å². The highest BCUT2D eigenvalue weighted by Gasteiger charge is 2.11. The molecule has 0 aliphatic rings. The van der Waals surface area contributed by atoms with Crippen molar-refractivity contribution in [1.29, 1.82) is 0 Å². The van der Waals surface area contributed by atoms with Crippen LogP contribution in [0.2, 0.25) is 0 Å². The largest absolute Gasteiger partial charge is 0.497 e. The second-order valence-electron chi connectivity index (χ2n) is 5.49. The highest BCUT2D eigenvalue weighted by molar-refractivity contribution is 5.95. The zero-order valence-corrected chi connectivity index (χ0v) is 15.6. The quantitative estimate of drug-likeness (QED) is 0.753. The third kappa shape index (κ3) is 4.50. The first-order chi connectivity index (χ1) is 12.5. The van der Waals surface area contributed by atoms with Crippen molar-refractivity contribution >= 4 is 17.3 Å². The van der Waals surface area contributed by atoms with Crippen LogP contribution in [-0.4, -0.2) is 40.9 Å². The molecule has 0 aromatic heterocycles. The first kappa shape index (κ1) is 19.2. The maximum atomic E-state index is 12.3. The molecular formula is C19H24N2O5. The third-order valence-corrected chi connectivity index (χ3v) is 3.85. The third-order valence-electron chi connectivity index (χ3n) is 3.85. The minimum atomic E-state index is -0.206. The molecule has 0 spiro atoms. The van der Waals surface area contributed by atoms with Gasteiger partial charge in [0.05, 0.1) is 40.7 Å². The van der Waals surface area contributed by atoms with Gasteiger partial charge in [0.25, 0.3) is 0 Å². The number of hydrogen-bond acceptors (Lipinski definition) is 6. The van der Waals surface area contributed by atoms with Gasteiger partial charge in [-0.3, -0.25) is 4.79 Å². The lowest BCUT2D eigenvalue weighted by Crippen LogP contribution is -2.22. The van der Waals surface area contributed by atoms with Gasteiger partial charge in [-0.1, -0.05) is 0 Å². The van der Waals surface area contributed by atoms with Crippen molar-refractivity contribution in [3.63, 3.8) is 0 Å². The standard InChI is InChI=1S/C19H24N2O5/c1-12-8-17(25-4)18(26-5)10-15(12)20-11-19(22)21-14-7-6-13(23-2)9-16(14)24-3/h6-10,20H,11H2,1-5H3,(H,21,22). The van der Waals surface area contributed by atoms with Gasteiger partial charge in [-0.15, -0.1) is 0 Å². The normalized spacial score (nSPS) is 10.0. The van der Waals surface area contributed by atoms with Crippen molar-refractivity contribution in [2.24, 2.45) is 0 Å². The summed E-state index contributed by atoms with van der Waals surface area (Å²) >= 11 is 0. The predicted molar refractivity (Wildman–Crippen MR) is 101 cm³/mol. The summed E-state index contributed by atoms with van der Waals surface area (Å²) in [6.45, 7) is 2.01. The molecule has 26 heavy (non-hydrogen) atoms. The molecule has 0 fully saturated rings. The van der Waals surface area contributed by atoms with Gasteiger partial charge >= 0.3 is 0 Å². The molecule has 0 bridgehead atoms. The van der Waals surface area contributed by atoms with Crippen LogP contribution in [0, 0.1) is 6.92 Å². The van der Waals surface area contributed by atoms with Crippen molar-refractivity contribution < 1.29 is 23.7 Å². The maximum absolute atomic E-state index is 12.3. The number of aryl methyl sites for hydroxylation is 1. The van der Waals surface area contributed by atoms with Crippen LogP contribution >= 0.6 is 0 Å². The second-order valence-corrected chi connectivity index (χ2v) is 5.49. The van der Waals surface area contributed by atoms with E-state index < -0.39 is 0 Å². The zero-order chi connectivity index (χ0) is 19.1. The Balaban J connectivity index is 2.05. The molecule has 2 aromatic carbocycles. The number of rotatable bonds is 8. The van der Waals surface area contributed by atoms with Crippen LogP contribution < -0.4 is 29.6 Å². The minimum absolute atomic E-state index is 0.0888. The Kier molecular flexibility index (Phi) is 6.54. The summed E-state index contributed by atoms with van der Waals surface area (Å²) < 4.78 is 21.0. The summed E-state index contributed by atoms with van der Waals surface area (Å²) in [6.07, 6.45) is 0. The summed E-state index contributed by atoms with van der Waals surface area (Å²) in [5, 5.41) is 5.92. The Morgan fingerprint density at radius 2 is 1.50 bits per heavy atom. The Morgan fingerprint density at radius 3 is 2.12 bits per heavy atom. The van der Waals surface area contributed by atoms with E-state index in [4.69, 9.17) is 18.9 Å². The smallest absolute Gasteiger partial charge is 0.243 e. The molecule has 0 saturated heterocycles. The summed E-state index contributed by atoms with van der Waals surface area (Å²) in [5.41, 5.74) is 2.31. The van der Waals surface area contributed by atoms with E-state index in [0.29, 0.717) is 28.7 Å². The van der Waals surface area contributed by atoms with Gasteiger partial charge in [0.15, 0.2) is 11.5 Å². The molecule has 2 rings (SSSR count). The van der Waals surface area contributed by atoms with E-state index in [2.05, 4.69) is 10.6 Å². The van der Waals surface area contributed by atoms with E-state index in [0.717, 1.165) is 11.3 Å². The van der Waals surface area contributed by atoms with Gasteiger partial charge in [-0.2, -0.15) is 0 Å². The zero-order valence-electron chi connectivity index (χ0n) is 15.6. The van der Waals surface area contributed by atoms with E-state index >= 15 is 0 Å². The number of nitrogens with one attached hydrogen (secondary N) is 2. The lowest BCUT2D eigenvalue weighted by molar-refractivity contribution is -0.114. The highest BCUT2D eigenvalue weighted by Crippen LogP contribution is 2.33. The minimum Gasteiger partial charge on any atom is -0.497 e. The van der Waals surface area contributed by atoms with E-state index in [9.17, 15) is 4.79 Å². The average Bonchev–Trinajstić information content (AvgIpc) is 2.66. The van der Waals surface area contributed by atoms with Crippen molar-refractivity contribution in [1.82, 2.24) is 0 Å².